The maximum atomic E-state index is 9.61. The van der Waals surface area contributed by atoms with Crippen LogP contribution in [0.1, 0.15) is 18.9 Å². The topological polar surface area (TPSA) is 49.5 Å². The van der Waals surface area contributed by atoms with Crippen LogP contribution in [0.25, 0.3) is 0 Å². The molecule has 3 nitrogen and oxygen atoms in total. The van der Waals surface area contributed by atoms with Crippen LogP contribution in [0, 0.1) is 5.92 Å². The quantitative estimate of drug-likeness (QED) is 0.822. The Morgan fingerprint density at radius 3 is 2.65 bits per heavy atom. The van der Waals surface area contributed by atoms with Crippen LogP contribution in [0.5, 0.6) is 0 Å². The molecule has 1 fully saturated rings. The predicted molar refractivity (Wildman–Crippen MR) is 69.6 cm³/mol. The molecule has 1 aromatic carbocycles. The van der Waals surface area contributed by atoms with Gasteiger partial charge in [-0.3, -0.25) is 0 Å². The smallest absolute Gasteiger partial charge is 0.0772 e. The molecule has 0 aliphatic carbocycles. The van der Waals surface area contributed by atoms with Crippen molar-refractivity contribution in [3.8, 4) is 0 Å². The fourth-order valence-electron chi connectivity index (χ4n) is 2.57. The van der Waals surface area contributed by atoms with E-state index in [1.165, 1.54) is 6.42 Å². The molecule has 94 valence electrons. The summed E-state index contributed by atoms with van der Waals surface area (Å²) in [5.41, 5.74) is 6.73. The molecule has 3 heteroatoms. The highest BCUT2D eigenvalue weighted by molar-refractivity contribution is 5.24. The minimum Gasteiger partial charge on any atom is -0.394 e. The minimum atomic E-state index is -0.634. The molecule has 0 saturated carbocycles. The fraction of sp³-hybridized carbons (Fsp3) is 0.571. The van der Waals surface area contributed by atoms with Crippen LogP contribution in [0.2, 0.25) is 0 Å². The molecule has 0 aromatic heterocycles. The number of nitrogens with two attached hydrogens (primary N) is 1. The van der Waals surface area contributed by atoms with Crippen LogP contribution >= 0.6 is 0 Å². The van der Waals surface area contributed by atoms with Crippen molar-refractivity contribution in [2.75, 3.05) is 26.2 Å². The van der Waals surface area contributed by atoms with Crippen LogP contribution in [-0.2, 0) is 5.54 Å². The molecule has 0 amide bonds. The summed E-state index contributed by atoms with van der Waals surface area (Å²) in [6, 6.07) is 9.91. The van der Waals surface area contributed by atoms with Crippen molar-refractivity contribution in [2.45, 2.75) is 18.9 Å². The van der Waals surface area contributed by atoms with Crippen molar-refractivity contribution in [1.82, 2.24) is 4.90 Å². The van der Waals surface area contributed by atoms with Crippen LogP contribution < -0.4 is 5.73 Å². The summed E-state index contributed by atoms with van der Waals surface area (Å²) in [4.78, 5) is 2.36. The Morgan fingerprint density at radius 2 is 2.12 bits per heavy atom. The van der Waals surface area contributed by atoms with Gasteiger partial charge < -0.3 is 15.7 Å². The number of nitrogens with zero attached hydrogens (tertiary/aromatic N) is 1. The number of hydrogen-bond donors (Lipinski definition) is 2. The van der Waals surface area contributed by atoms with E-state index in [9.17, 15) is 5.11 Å². The molecule has 0 bridgehead atoms. The van der Waals surface area contributed by atoms with Gasteiger partial charge in [0.1, 0.15) is 0 Å². The maximum absolute atomic E-state index is 9.61. The lowest BCUT2D eigenvalue weighted by Gasteiger charge is -2.32. The summed E-state index contributed by atoms with van der Waals surface area (Å²) in [6.45, 7) is 5.16. The number of hydrogen-bond acceptors (Lipinski definition) is 3. The Hall–Kier alpha value is -0.900. The van der Waals surface area contributed by atoms with Gasteiger partial charge >= 0.3 is 0 Å². The molecule has 1 saturated heterocycles. The molecular formula is C14H22N2O. The number of likely N-dealkylation sites (tertiary alicyclic amines) is 1. The third-order valence-electron chi connectivity index (χ3n) is 3.64. The second-order valence-electron chi connectivity index (χ2n) is 5.31. The normalized spacial score (nSPS) is 24.8. The largest absolute Gasteiger partial charge is 0.394 e. The van der Waals surface area contributed by atoms with Crippen molar-refractivity contribution < 1.29 is 5.11 Å². The van der Waals surface area contributed by atoms with Crippen LogP contribution in [-0.4, -0.2) is 36.2 Å². The van der Waals surface area contributed by atoms with E-state index in [0.29, 0.717) is 0 Å². The van der Waals surface area contributed by atoms with Gasteiger partial charge in [0.25, 0.3) is 0 Å². The van der Waals surface area contributed by atoms with Crippen LogP contribution in [0.4, 0.5) is 0 Å². The predicted octanol–water partition coefficient (Wildman–Crippen LogP) is 1.17. The molecule has 1 aliphatic heterocycles. The third kappa shape index (κ3) is 2.86. The first-order valence-corrected chi connectivity index (χ1v) is 6.32. The van der Waals surface area contributed by atoms with Gasteiger partial charge in [0, 0.05) is 13.1 Å². The minimum absolute atomic E-state index is 0.0120. The van der Waals surface area contributed by atoms with E-state index in [4.69, 9.17) is 5.73 Å². The summed E-state index contributed by atoms with van der Waals surface area (Å²) in [6.07, 6.45) is 1.23. The van der Waals surface area contributed by atoms with E-state index in [1.54, 1.807) is 0 Å². The zero-order valence-electron chi connectivity index (χ0n) is 10.5. The molecule has 2 atom stereocenters. The Labute approximate surface area is 103 Å². The number of benzene rings is 1. The summed E-state index contributed by atoms with van der Waals surface area (Å²) in [5.74, 6) is 0.744. The Morgan fingerprint density at radius 1 is 1.41 bits per heavy atom. The second-order valence-corrected chi connectivity index (χ2v) is 5.31. The molecule has 0 spiro atoms. The number of aliphatic hydroxyl groups is 1. The summed E-state index contributed by atoms with van der Waals surface area (Å²) in [5, 5.41) is 9.61. The Kier molecular flexibility index (Phi) is 3.82. The monoisotopic (exact) mass is 234 g/mol. The van der Waals surface area contributed by atoms with Crippen LogP contribution in [0.3, 0.4) is 0 Å². The third-order valence-corrected chi connectivity index (χ3v) is 3.64. The maximum Gasteiger partial charge on any atom is 0.0772 e. The van der Waals surface area contributed by atoms with Gasteiger partial charge in [-0.05, 0) is 24.4 Å². The zero-order valence-corrected chi connectivity index (χ0v) is 10.5. The summed E-state index contributed by atoms with van der Waals surface area (Å²) < 4.78 is 0. The molecule has 2 rings (SSSR count). The SMILES string of the molecule is CC1CCN(CC(N)(CO)c2ccccc2)C1. The highest BCUT2D eigenvalue weighted by Crippen LogP contribution is 2.23. The van der Waals surface area contributed by atoms with Crippen molar-refractivity contribution in [3.05, 3.63) is 35.9 Å². The van der Waals surface area contributed by atoms with Gasteiger partial charge in [0.05, 0.1) is 12.1 Å². The highest BCUT2D eigenvalue weighted by atomic mass is 16.3. The molecule has 1 aliphatic rings. The molecular weight excluding hydrogens is 212 g/mol. The van der Waals surface area contributed by atoms with Gasteiger partial charge in [-0.15, -0.1) is 0 Å². The lowest BCUT2D eigenvalue weighted by molar-refractivity contribution is 0.148. The first-order valence-electron chi connectivity index (χ1n) is 6.32. The number of rotatable bonds is 4. The molecule has 17 heavy (non-hydrogen) atoms. The first-order chi connectivity index (χ1) is 8.14. The van der Waals surface area contributed by atoms with E-state index in [2.05, 4.69) is 11.8 Å². The molecule has 2 unspecified atom stereocenters. The summed E-state index contributed by atoms with van der Waals surface area (Å²) >= 11 is 0. The second kappa shape index (κ2) is 5.17. The van der Waals surface area contributed by atoms with Gasteiger partial charge in [-0.2, -0.15) is 0 Å². The molecule has 1 aromatic rings. The molecule has 0 radical (unpaired) electrons. The lowest BCUT2D eigenvalue weighted by Crippen LogP contribution is -2.49. The van der Waals surface area contributed by atoms with Crippen LogP contribution in [0.15, 0.2) is 30.3 Å². The van der Waals surface area contributed by atoms with Crippen molar-refractivity contribution in [3.63, 3.8) is 0 Å². The zero-order chi connectivity index (χ0) is 12.3. The van der Waals surface area contributed by atoms with Gasteiger partial charge in [-0.25, -0.2) is 0 Å². The first kappa shape index (κ1) is 12.6. The van der Waals surface area contributed by atoms with Gasteiger partial charge in [0.15, 0.2) is 0 Å². The highest BCUT2D eigenvalue weighted by Gasteiger charge is 2.31. The Bertz CT molecular complexity index is 354. The van der Waals surface area contributed by atoms with Gasteiger partial charge in [0.2, 0.25) is 0 Å². The number of aliphatic hydroxyl groups excluding tert-OH is 1. The average molecular weight is 234 g/mol. The van der Waals surface area contributed by atoms with E-state index in [1.807, 2.05) is 30.3 Å². The van der Waals surface area contributed by atoms with E-state index in [-0.39, 0.29) is 6.61 Å². The van der Waals surface area contributed by atoms with E-state index < -0.39 is 5.54 Å². The van der Waals surface area contributed by atoms with Crippen molar-refractivity contribution in [2.24, 2.45) is 11.7 Å². The molecule has 1 heterocycles. The lowest BCUT2D eigenvalue weighted by atomic mass is 9.91. The average Bonchev–Trinajstić information content (AvgIpc) is 2.75. The Balaban J connectivity index is 2.09. The standard InChI is InChI=1S/C14H22N2O/c1-12-7-8-16(9-12)10-14(15,11-17)13-5-3-2-4-6-13/h2-6,12,17H,7-11,15H2,1H3. The van der Waals surface area contributed by atoms with E-state index in [0.717, 1.165) is 31.1 Å². The molecule has 3 N–H and O–H groups in total. The van der Waals surface area contributed by atoms with Gasteiger partial charge in [-0.1, -0.05) is 37.3 Å². The fourth-order valence-corrected chi connectivity index (χ4v) is 2.57. The van der Waals surface area contributed by atoms with Crippen molar-refractivity contribution in [1.29, 1.82) is 0 Å². The summed E-state index contributed by atoms with van der Waals surface area (Å²) in [7, 11) is 0. The van der Waals surface area contributed by atoms with Crippen molar-refractivity contribution >= 4 is 0 Å². The van der Waals surface area contributed by atoms with E-state index >= 15 is 0 Å².